The molecule has 1 aliphatic heterocycles. The molecular formula is C27H25ClN4O3. The van der Waals surface area contributed by atoms with Crippen molar-refractivity contribution in [2.75, 3.05) is 25.6 Å². The maximum atomic E-state index is 13.9. The molecule has 0 fully saturated rings. The summed E-state index contributed by atoms with van der Waals surface area (Å²) in [6.07, 6.45) is 3.50. The number of ether oxygens (including phenoxy) is 1. The number of pyridine rings is 1. The predicted octanol–water partition coefficient (Wildman–Crippen LogP) is 4.79. The molecule has 0 radical (unpaired) electrons. The van der Waals surface area contributed by atoms with Crippen LogP contribution >= 0.6 is 11.6 Å². The molecule has 0 aliphatic carbocycles. The first-order chi connectivity index (χ1) is 17.0. The van der Waals surface area contributed by atoms with E-state index in [2.05, 4.69) is 10.3 Å². The van der Waals surface area contributed by atoms with Gasteiger partial charge in [-0.15, -0.1) is 0 Å². The number of halogens is 1. The van der Waals surface area contributed by atoms with Crippen molar-refractivity contribution in [3.8, 4) is 0 Å². The van der Waals surface area contributed by atoms with Gasteiger partial charge in [-0.1, -0.05) is 48.0 Å². The fraction of sp³-hybridized carbons (Fsp3) is 0.222. The lowest BCUT2D eigenvalue weighted by Crippen LogP contribution is -2.47. The maximum absolute atomic E-state index is 13.9. The molecular weight excluding hydrogens is 464 g/mol. The van der Waals surface area contributed by atoms with E-state index in [0.29, 0.717) is 35.1 Å². The number of hydrogen-bond acceptors (Lipinski definition) is 4. The normalized spacial score (nSPS) is 17.5. The third-order valence-electron chi connectivity index (χ3n) is 6.48. The van der Waals surface area contributed by atoms with E-state index >= 15 is 0 Å². The minimum absolute atomic E-state index is 0.121. The van der Waals surface area contributed by atoms with Gasteiger partial charge in [0.05, 0.1) is 23.6 Å². The monoisotopic (exact) mass is 488 g/mol. The number of aromatic nitrogens is 2. The molecule has 2 atom stereocenters. The predicted molar refractivity (Wildman–Crippen MR) is 136 cm³/mol. The van der Waals surface area contributed by atoms with Crippen molar-refractivity contribution in [2.24, 2.45) is 7.05 Å². The zero-order chi connectivity index (χ0) is 24.5. The molecule has 3 heterocycles. The van der Waals surface area contributed by atoms with Gasteiger partial charge in [0, 0.05) is 55.1 Å². The van der Waals surface area contributed by atoms with E-state index in [1.54, 1.807) is 30.2 Å². The number of hydrogen-bond donors (Lipinski definition) is 1. The first-order valence-corrected chi connectivity index (χ1v) is 11.7. The molecule has 0 bridgehead atoms. The average Bonchev–Trinajstić information content (AvgIpc) is 3.21. The molecule has 4 aromatic rings. The maximum Gasteiger partial charge on any atom is 0.254 e. The molecule has 2 amide bonds. The van der Waals surface area contributed by atoms with Crippen LogP contribution in [0.5, 0.6) is 0 Å². The topological polar surface area (TPSA) is 76.5 Å². The van der Waals surface area contributed by atoms with Crippen LogP contribution in [-0.2, 0) is 16.6 Å². The van der Waals surface area contributed by atoms with Gasteiger partial charge in [0.25, 0.3) is 5.91 Å². The summed E-state index contributed by atoms with van der Waals surface area (Å²) in [7, 11) is 3.57. The fourth-order valence-electron chi connectivity index (χ4n) is 4.92. The molecule has 1 aliphatic rings. The number of aryl methyl sites for hydroxylation is 1. The van der Waals surface area contributed by atoms with Crippen LogP contribution in [0, 0.1) is 0 Å². The number of carbonyl (C=O) groups excluding carboxylic acids is 2. The third kappa shape index (κ3) is 4.17. The molecule has 2 aromatic heterocycles. The van der Waals surface area contributed by atoms with Crippen LogP contribution in [0.4, 0.5) is 5.82 Å². The van der Waals surface area contributed by atoms with E-state index in [0.717, 1.165) is 16.5 Å². The minimum atomic E-state index is -0.663. The van der Waals surface area contributed by atoms with Crippen molar-refractivity contribution in [1.29, 1.82) is 0 Å². The average molecular weight is 489 g/mol. The number of nitrogens with zero attached hydrogens (tertiary/aromatic N) is 3. The Morgan fingerprint density at radius 3 is 2.63 bits per heavy atom. The summed E-state index contributed by atoms with van der Waals surface area (Å²) in [6, 6.07) is 18.1. The number of methoxy groups -OCH3 is 1. The van der Waals surface area contributed by atoms with Gasteiger partial charge in [0.1, 0.15) is 5.82 Å². The van der Waals surface area contributed by atoms with E-state index in [1.165, 1.54) is 6.20 Å². The van der Waals surface area contributed by atoms with Crippen molar-refractivity contribution < 1.29 is 14.3 Å². The zero-order valence-electron chi connectivity index (χ0n) is 19.4. The van der Waals surface area contributed by atoms with Crippen LogP contribution in [-0.4, -0.2) is 46.5 Å². The Morgan fingerprint density at radius 2 is 1.86 bits per heavy atom. The van der Waals surface area contributed by atoms with Gasteiger partial charge in [0.15, 0.2) is 0 Å². The number of fused-ring (bicyclic) bond motifs is 2. The van der Waals surface area contributed by atoms with Gasteiger partial charge < -0.3 is 19.5 Å². The Kier molecular flexibility index (Phi) is 6.28. The lowest BCUT2D eigenvalue weighted by atomic mass is 9.79. The smallest absolute Gasteiger partial charge is 0.254 e. The second-order valence-electron chi connectivity index (χ2n) is 8.56. The quantitative estimate of drug-likeness (QED) is 0.423. The van der Waals surface area contributed by atoms with Crippen LogP contribution in [0.2, 0.25) is 5.02 Å². The molecule has 7 nitrogen and oxygen atoms in total. The zero-order valence-corrected chi connectivity index (χ0v) is 20.2. The fourth-order valence-corrected chi connectivity index (χ4v) is 5.03. The van der Waals surface area contributed by atoms with Crippen molar-refractivity contribution in [2.45, 2.75) is 12.0 Å². The Hall–Kier alpha value is -3.68. The van der Waals surface area contributed by atoms with Crippen molar-refractivity contribution >= 4 is 40.1 Å². The summed E-state index contributed by atoms with van der Waals surface area (Å²) in [6.45, 7) is 0.697. The summed E-state index contributed by atoms with van der Waals surface area (Å²) in [5, 5.41) is 4.42. The van der Waals surface area contributed by atoms with Gasteiger partial charge >= 0.3 is 0 Å². The number of rotatable bonds is 6. The Labute approximate surface area is 208 Å². The van der Waals surface area contributed by atoms with Crippen molar-refractivity contribution in [3.63, 3.8) is 0 Å². The number of anilines is 1. The van der Waals surface area contributed by atoms with Gasteiger partial charge in [-0.05, 0) is 29.8 Å². The van der Waals surface area contributed by atoms with Crippen LogP contribution < -0.4 is 5.32 Å². The largest absolute Gasteiger partial charge is 0.383 e. The molecule has 5 rings (SSSR count). The highest BCUT2D eigenvalue weighted by molar-refractivity contribution is 6.30. The summed E-state index contributed by atoms with van der Waals surface area (Å²) in [5.41, 5.74) is 3.14. The SMILES string of the molecule is COCCN1C(=O)c2ccccc2C(C(=O)Nc2ccc(Cl)cn2)C1c1cn(C)c2ccccc12. The summed E-state index contributed by atoms with van der Waals surface area (Å²) < 4.78 is 7.37. The van der Waals surface area contributed by atoms with Gasteiger partial charge in [-0.3, -0.25) is 9.59 Å². The third-order valence-corrected chi connectivity index (χ3v) is 6.71. The number of benzene rings is 2. The van der Waals surface area contributed by atoms with Crippen LogP contribution in [0.1, 0.15) is 33.4 Å². The number of amides is 2. The van der Waals surface area contributed by atoms with E-state index in [1.807, 2.05) is 60.3 Å². The Bertz CT molecular complexity index is 1400. The van der Waals surface area contributed by atoms with Crippen LogP contribution in [0.25, 0.3) is 10.9 Å². The molecule has 2 unspecified atom stereocenters. The molecule has 2 aromatic carbocycles. The molecule has 178 valence electrons. The second kappa shape index (κ2) is 9.52. The second-order valence-corrected chi connectivity index (χ2v) is 9.00. The van der Waals surface area contributed by atoms with E-state index in [-0.39, 0.29) is 11.8 Å². The highest BCUT2D eigenvalue weighted by atomic mass is 35.5. The lowest BCUT2D eigenvalue weighted by molar-refractivity contribution is -0.119. The Morgan fingerprint density at radius 1 is 1.09 bits per heavy atom. The molecule has 8 heteroatoms. The van der Waals surface area contributed by atoms with E-state index < -0.39 is 12.0 Å². The Balaban J connectivity index is 1.69. The van der Waals surface area contributed by atoms with E-state index in [9.17, 15) is 9.59 Å². The molecule has 0 spiro atoms. The molecule has 0 saturated heterocycles. The summed E-state index contributed by atoms with van der Waals surface area (Å²) in [5.74, 6) is -0.637. The van der Waals surface area contributed by atoms with Crippen LogP contribution in [0.15, 0.2) is 73.1 Å². The first-order valence-electron chi connectivity index (χ1n) is 11.3. The van der Waals surface area contributed by atoms with Gasteiger partial charge in [0.2, 0.25) is 5.91 Å². The van der Waals surface area contributed by atoms with Gasteiger partial charge in [-0.2, -0.15) is 0 Å². The lowest BCUT2D eigenvalue weighted by Gasteiger charge is -2.41. The van der Waals surface area contributed by atoms with Crippen molar-refractivity contribution in [1.82, 2.24) is 14.5 Å². The highest BCUT2D eigenvalue weighted by Gasteiger charge is 2.45. The standard InChI is InChI=1S/C27H25ClN4O3/c1-31-16-21(18-7-5-6-10-22(18)31)25-24(26(33)30-23-12-11-17(28)15-29-23)19-8-3-4-9-20(19)27(34)32(25)13-14-35-2/h3-12,15-16,24-25H,13-14H2,1-2H3,(H,29,30,33). The number of para-hydroxylation sites is 1. The molecule has 0 saturated carbocycles. The summed E-state index contributed by atoms with van der Waals surface area (Å²) in [4.78, 5) is 33.6. The number of carbonyl (C=O) groups is 2. The highest BCUT2D eigenvalue weighted by Crippen LogP contribution is 2.45. The molecule has 35 heavy (non-hydrogen) atoms. The first kappa shape index (κ1) is 23.1. The van der Waals surface area contributed by atoms with E-state index in [4.69, 9.17) is 16.3 Å². The van der Waals surface area contributed by atoms with Crippen molar-refractivity contribution in [3.05, 3.63) is 94.8 Å². The minimum Gasteiger partial charge on any atom is -0.383 e. The van der Waals surface area contributed by atoms with Crippen LogP contribution in [0.3, 0.4) is 0 Å². The summed E-state index contributed by atoms with van der Waals surface area (Å²) >= 11 is 5.97. The number of nitrogens with one attached hydrogen (secondary N) is 1. The van der Waals surface area contributed by atoms with Gasteiger partial charge in [-0.25, -0.2) is 4.98 Å². The molecule has 1 N–H and O–H groups in total.